The minimum atomic E-state index is 0.238. The number of amidine groups is 1. The number of rotatable bonds is 4. The van der Waals surface area contributed by atoms with E-state index in [1.807, 2.05) is 24.3 Å². The van der Waals surface area contributed by atoms with Crippen molar-refractivity contribution in [3.05, 3.63) is 78.1 Å². The maximum Gasteiger partial charge on any atom is 0.197 e. The molecule has 0 saturated carbocycles. The predicted octanol–water partition coefficient (Wildman–Crippen LogP) is 2.87. The molecule has 1 aliphatic rings. The Morgan fingerprint density at radius 2 is 1.75 bits per heavy atom. The van der Waals surface area contributed by atoms with Gasteiger partial charge in [0.15, 0.2) is 5.95 Å². The lowest BCUT2D eigenvalue weighted by atomic mass is 10.1. The number of benzene rings is 2. The molecule has 0 amide bonds. The van der Waals surface area contributed by atoms with Crippen molar-refractivity contribution >= 4 is 17.5 Å². The van der Waals surface area contributed by atoms with Crippen LogP contribution in [0, 0.1) is 0 Å². The van der Waals surface area contributed by atoms with Gasteiger partial charge in [0.1, 0.15) is 5.84 Å². The van der Waals surface area contributed by atoms with Gasteiger partial charge in [-0.05, 0) is 12.1 Å². The molecule has 120 valence electrons. The molecule has 5 heteroatoms. The Balaban J connectivity index is 1.68. The maximum absolute atomic E-state index is 5.71. The van der Waals surface area contributed by atoms with Crippen molar-refractivity contribution in [2.75, 3.05) is 17.2 Å². The Kier molecular flexibility index (Phi) is 3.75. The molecule has 1 unspecified atom stereocenters. The molecule has 2 aromatic carbocycles. The fourth-order valence-electron chi connectivity index (χ4n) is 3.15. The topological polar surface area (TPSA) is 70.3 Å². The van der Waals surface area contributed by atoms with Crippen LogP contribution in [0.2, 0.25) is 0 Å². The van der Waals surface area contributed by atoms with Gasteiger partial charge in [-0.2, -0.15) is 0 Å². The third kappa shape index (κ3) is 2.76. The molecule has 2 heterocycles. The molecule has 0 radical (unpaired) electrons. The van der Waals surface area contributed by atoms with Crippen LogP contribution in [0.25, 0.3) is 0 Å². The van der Waals surface area contributed by atoms with Gasteiger partial charge in [0.05, 0.1) is 18.8 Å². The van der Waals surface area contributed by atoms with Crippen molar-refractivity contribution in [1.82, 2.24) is 9.97 Å². The number of para-hydroxylation sites is 1. The number of aromatic nitrogens is 2. The van der Waals surface area contributed by atoms with Crippen molar-refractivity contribution in [3.8, 4) is 0 Å². The first-order valence-corrected chi connectivity index (χ1v) is 8.05. The molecule has 0 aliphatic carbocycles. The second kappa shape index (κ2) is 6.20. The van der Waals surface area contributed by atoms with E-state index in [-0.39, 0.29) is 6.04 Å². The molecule has 0 saturated heterocycles. The van der Waals surface area contributed by atoms with Gasteiger partial charge < -0.3 is 15.6 Å². The van der Waals surface area contributed by atoms with Crippen molar-refractivity contribution in [3.63, 3.8) is 0 Å². The molecule has 1 aliphatic heterocycles. The SMILES string of the molecule is Nc1ncc(CC2CN=C(c3ccccc3)N2c2ccccc2)[nH]1. The molecule has 24 heavy (non-hydrogen) atoms. The van der Waals surface area contributed by atoms with Crippen LogP contribution in [0.4, 0.5) is 11.6 Å². The van der Waals surface area contributed by atoms with Gasteiger partial charge in [-0.3, -0.25) is 4.99 Å². The van der Waals surface area contributed by atoms with Crippen LogP contribution in [0.15, 0.2) is 71.9 Å². The Bertz CT molecular complexity index is 838. The van der Waals surface area contributed by atoms with Gasteiger partial charge in [-0.15, -0.1) is 0 Å². The number of aliphatic imine (C=N–C) groups is 1. The fourth-order valence-corrected chi connectivity index (χ4v) is 3.15. The number of nitrogens with one attached hydrogen (secondary N) is 1. The Morgan fingerprint density at radius 3 is 2.42 bits per heavy atom. The summed E-state index contributed by atoms with van der Waals surface area (Å²) >= 11 is 0. The van der Waals surface area contributed by atoms with Crippen molar-refractivity contribution in [1.29, 1.82) is 0 Å². The van der Waals surface area contributed by atoms with Crippen LogP contribution in [-0.4, -0.2) is 28.4 Å². The Morgan fingerprint density at radius 1 is 1.04 bits per heavy atom. The summed E-state index contributed by atoms with van der Waals surface area (Å²) in [7, 11) is 0. The summed E-state index contributed by atoms with van der Waals surface area (Å²) in [6.07, 6.45) is 2.62. The molecule has 1 atom stereocenters. The standard InChI is InChI=1S/C19H19N5/c20-19-22-12-15(23-19)11-17-13-21-18(14-7-3-1-4-8-14)24(17)16-9-5-2-6-10-16/h1-10,12,17H,11,13H2,(H3,20,22,23). The van der Waals surface area contributed by atoms with E-state index in [2.05, 4.69) is 51.3 Å². The zero-order chi connectivity index (χ0) is 16.4. The zero-order valence-electron chi connectivity index (χ0n) is 13.3. The first-order valence-electron chi connectivity index (χ1n) is 8.05. The van der Waals surface area contributed by atoms with Crippen LogP contribution in [0.5, 0.6) is 0 Å². The van der Waals surface area contributed by atoms with Crippen LogP contribution in [-0.2, 0) is 6.42 Å². The molecule has 0 bridgehead atoms. The predicted molar refractivity (Wildman–Crippen MR) is 97.3 cm³/mol. The number of anilines is 2. The van der Waals surface area contributed by atoms with Crippen molar-refractivity contribution in [2.24, 2.45) is 4.99 Å². The number of nitrogens with two attached hydrogens (primary N) is 1. The average Bonchev–Trinajstić information content (AvgIpc) is 3.23. The quantitative estimate of drug-likeness (QED) is 0.777. The number of imidazole rings is 1. The van der Waals surface area contributed by atoms with E-state index < -0.39 is 0 Å². The Hall–Kier alpha value is -3.08. The normalized spacial score (nSPS) is 17.1. The monoisotopic (exact) mass is 317 g/mol. The van der Waals surface area contributed by atoms with Crippen LogP contribution >= 0.6 is 0 Å². The van der Waals surface area contributed by atoms with E-state index in [4.69, 9.17) is 10.7 Å². The highest BCUT2D eigenvalue weighted by atomic mass is 15.3. The summed E-state index contributed by atoms with van der Waals surface area (Å²) in [5, 5.41) is 0. The molecular formula is C19H19N5. The number of hydrogen-bond donors (Lipinski definition) is 2. The fraction of sp³-hybridized carbons (Fsp3) is 0.158. The van der Waals surface area contributed by atoms with Gasteiger partial charge in [-0.25, -0.2) is 4.98 Å². The van der Waals surface area contributed by atoms with E-state index >= 15 is 0 Å². The summed E-state index contributed by atoms with van der Waals surface area (Å²) < 4.78 is 0. The molecular weight excluding hydrogens is 298 g/mol. The summed E-state index contributed by atoms with van der Waals surface area (Å²) in [6, 6.07) is 21.0. The summed E-state index contributed by atoms with van der Waals surface area (Å²) in [5.41, 5.74) is 9.02. The lowest BCUT2D eigenvalue weighted by Gasteiger charge is -2.28. The minimum absolute atomic E-state index is 0.238. The van der Waals surface area contributed by atoms with E-state index in [1.165, 1.54) is 0 Å². The van der Waals surface area contributed by atoms with Crippen LogP contribution in [0.3, 0.4) is 0 Å². The number of nitrogens with zero attached hydrogens (tertiary/aromatic N) is 3. The number of hydrogen-bond acceptors (Lipinski definition) is 4. The second-order valence-corrected chi connectivity index (χ2v) is 5.89. The highest BCUT2D eigenvalue weighted by Crippen LogP contribution is 2.26. The first kappa shape index (κ1) is 14.5. The number of nitrogen functional groups attached to an aromatic ring is 1. The first-order chi connectivity index (χ1) is 11.8. The van der Waals surface area contributed by atoms with Gasteiger partial charge in [0.25, 0.3) is 0 Å². The van der Waals surface area contributed by atoms with E-state index in [0.717, 1.165) is 35.7 Å². The lowest BCUT2D eigenvalue weighted by Crippen LogP contribution is -2.38. The molecule has 5 nitrogen and oxygen atoms in total. The maximum atomic E-state index is 5.71. The number of aromatic amines is 1. The third-order valence-corrected chi connectivity index (χ3v) is 4.22. The highest BCUT2D eigenvalue weighted by Gasteiger charge is 2.30. The van der Waals surface area contributed by atoms with E-state index in [0.29, 0.717) is 5.95 Å². The molecule has 0 fully saturated rings. The lowest BCUT2D eigenvalue weighted by molar-refractivity contribution is 0.695. The van der Waals surface area contributed by atoms with Gasteiger partial charge in [0, 0.05) is 23.4 Å². The van der Waals surface area contributed by atoms with Gasteiger partial charge in [-0.1, -0.05) is 48.5 Å². The van der Waals surface area contributed by atoms with Crippen LogP contribution in [0.1, 0.15) is 11.3 Å². The summed E-state index contributed by atoms with van der Waals surface area (Å²) in [4.78, 5) is 14.4. The zero-order valence-corrected chi connectivity index (χ0v) is 13.3. The van der Waals surface area contributed by atoms with Crippen molar-refractivity contribution in [2.45, 2.75) is 12.5 Å². The third-order valence-electron chi connectivity index (χ3n) is 4.22. The summed E-state index contributed by atoms with van der Waals surface area (Å²) in [5.74, 6) is 1.47. The minimum Gasteiger partial charge on any atom is -0.369 e. The van der Waals surface area contributed by atoms with Crippen LogP contribution < -0.4 is 10.6 Å². The second-order valence-electron chi connectivity index (χ2n) is 5.89. The van der Waals surface area contributed by atoms with E-state index in [1.54, 1.807) is 6.20 Å². The largest absolute Gasteiger partial charge is 0.369 e. The summed E-state index contributed by atoms with van der Waals surface area (Å²) in [6.45, 7) is 0.748. The highest BCUT2D eigenvalue weighted by molar-refractivity contribution is 6.11. The molecule has 3 N–H and O–H groups in total. The molecule has 1 aromatic heterocycles. The van der Waals surface area contributed by atoms with Gasteiger partial charge >= 0.3 is 0 Å². The molecule has 3 aromatic rings. The van der Waals surface area contributed by atoms with E-state index in [9.17, 15) is 0 Å². The smallest absolute Gasteiger partial charge is 0.197 e. The Labute approximate surface area is 140 Å². The number of H-pyrrole nitrogens is 1. The van der Waals surface area contributed by atoms with Gasteiger partial charge in [0.2, 0.25) is 0 Å². The molecule has 4 rings (SSSR count). The average molecular weight is 317 g/mol. The van der Waals surface area contributed by atoms with Crippen molar-refractivity contribution < 1.29 is 0 Å². The molecule has 0 spiro atoms.